The van der Waals surface area contributed by atoms with E-state index in [1.54, 1.807) is 12.1 Å². The largest absolute Gasteiger partial charge is 0.508 e. The molecule has 1 aromatic carbocycles. The fourth-order valence-corrected chi connectivity index (χ4v) is 2.08. The smallest absolute Gasteiger partial charge is 0.251 e. The van der Waals surface area contributed by atoms with E-state index in [0.717, 1.165) is 6.42 Å². The lowest BCUT2D eigenvalue weighted by Crippen LogP contribution is -2.52. The minimum atomic E-state index is -0.420. The third kappa shape index (κ3) is 4.04. The zero-order chi connectivity index (χ0) is 13.8. The standard InChI is InChI=1S/C14H22N2O2/c1-10(2)8-14(3,9-15)16-13(18)11-5-4-6-12(17)7-11/h4-7,10,17H,8-9,15H2,1-3H3,(H,16,18). The van der Waals surface area contributed by atoms with Crippen LogP contribution in [0.2, 0.25) is 0 Å². The first-order valence-corrected chi connectivity index (χ1v) is 6.18. The molecule has 1 unspecified atom stereocenters. The van der Waals surface area contributed by atoms with Crippen LogP contribution in [0.15, 0.2) is 24.3 Å². The van der Waals surface area contributed by atoms with Crippen molar-refractivity contribution in [2.45, 2.75) is 32.7 Å². The van der Waals surface area contributed by atoms with Gasteiger partial charge in [0.25, 0.3) is 5.91 Å². The first-order valence-electron chi connectivity index (χ1n) is 6.18. The van der Waals surface area contributed by atoms with E-state index in [1.807, 2.05) is 6.92 Å². The SMILES string of the molecule is CC(C)CC(C)(CN)NC(=O)c1cccc(O)c1. The monoisotopic (exact) mass is 250 g/mol. The molecule has 0 heterocycles. The maximum Gasteiger partial charge on any atom is 0.251 e. The summed E-state index contributed by atoms with van der Waals surface area (Å²) < 4.78 is 0. The highest BCUT2D eigenvalue weighted by molar-refractivity contribution is 5.95. The van der Waals surface area contributed by atoms with E-state index in [4.69, 9.17) is 5.73 Å². The molecule has 0 aliphatic heterocycles. The van der Waals surface area contributed by atoms with Crippen molar-refractivity contribution in [1.82, 2.24) is 5.32 Å². The van der Waals surface area contributed by atoms with E-state index in [2.05, 4.69) is 19.2 Å². The molecule has 0 aliphatic carbocycles. The highest BCUT2D eigenvalue weighted by Crippen LogP contribution is 2.17. The van der Waals surface area contributed by atoms with Crippen LogP contribution in [0.1, 0.15) is 37.6 Å². The molecule has 0 fully saturated rings. The Morgan fingerprint density at radius 2 is 2.17 bits per heavy atom. The number of nitrogens with two attached hydrogens (primary N) is 1. The van der Waals surface area contributed by atoms with Gasteiger partial charge in [-0.15, -0.1) is 0 Å². The van der Waals surface area contributed by atoms with Crippen LogP contribution in [0.5, 0.6) is 5.75 Å². The molecular formula is C14H22N2O2. The number of amides is 1. The molecule has 0 aromatic heterocycles. The molecule has 1 rings (SSSR count). The molecule has 0 spiro atoms. The highest BCUT2D eigenvalue weighted by atomic mass is 16.3. The fourth-order valence-electron chi connectivity index (χ4n) is 2.08. The number of rotatable bonds is 5. The van der Waals surface area contributed by atoms with Crippen LogP contribution in [0.25, 0.3) is 0 Å². The van der Waals surface area contributed by atoms with Crippen molar-refractivity contribution < 1.29 is 9.90 Å². The van der Waals surface area contributed by atoms with Crippen molar-refractivity contribution in [3.8, 4) is 5.75 Å². The van der Waals surface area contributed by atoms with E-state index < -0.39 is 5.54 Å². The Balaban J connectivity index is 2.79. The fraction of sp³-hybridized carbons (Fsp3) is 0.500. The van der Waals surface area contributed by atoms with Crippen molar-refractivity contribution >= 4 is 5.91 Å². The summed E-state index contributed by atoms with van der Waals surface area (Å²) in [6.45, 7) is 6.51. The van der Waals surface area contributed by atoms with Gasteiger partial charge in [0, 0.05) is 17.6 Å². The second-order valence-corrected chi connectivity index (χ2v) is 5.37. The summed E-state index contributed by atoms with van der Waals surface area (Å²) in [5.74, 6) is 0.323. The number of benzene rings is 1. The van der Waals surface area contributed by atoms with Gasteiger partial charge in [-0.25, -0.2) is 0 Å². The number of aromatic hydroxyl groups is 1. The molecule has 0 saturated heterocycles. The molecule has 0 radical (unpaired) electrons. The maximum atomic E-state index is 12.1. The molecule has 4 N–H and O–H groups in total. The van der Waals surface area contributed by atoms with Gasteiger partial charge in [-0.1, -0.05) is 19.9 Å². The Hall–Kier alpha value is -1.55. The van der Waals surface area contributed by atoms with Crippen LogP contribution in [-0.4, -0.2) is 23.1 Å². The van der Waals surface area contributed by atoms with Crippen molar-refractivity contribution in [2.24, 2.45) is 11.7 Å². The summed E-state index contributed by atoms with van der Waals surface area (Å²) in [5.41, 5.74) is 5.77. The number of phenolic OH excluding ortho intramolecular Hbond substituents is 1. The molecule has 0 saturated carbocycles. The second-order valence-electron chi connectivity index (χ2n) is 5.37. The lowest BCUT2D eigenvalue weighted by molar-refractivity contribution is 0.0898. The van der Waals surface area contributed by atoms with Gasteiger partial charge in [0.05, 0.1) is 0 Å². The molecule has 1 amide bonds. The molecule has 1 aromatic rings. The van der Waals surface area contributed by atoms with Crippen molar-refractivity contribution in [2.75, 3.05) is 6.54 Å². The van der Waals surface area contributed by atoms with E-state index in [-0.39, 0.29) is 11.7 Å². The van der Waals surface area contributed by atoms with Crippen molar-refractivity contribution in [3.63, 3.8) is 0 Å². The van der Waals surface area contributed by atoms with E-state index in [1.165, 1.54) is 12.1 Å². The van der Waals surface area contributed by atoms with Crippen LogP contribution in [-0.2, 0) is 0 Å². The zero-order valence-corrected chi connectivity index (χ0v) is 11.2. The topological polar surface area (TPSA) is 75.3 Å². The second kappa shape index (κ2) is 5.87. The first kappa shape index (κ1) is 14.5. The van der Waals surface area contributed by atoms with Crippen molar-refractivity contribution in [3.05, 3.63) is 29.8 Å². The first-order chi connectivity index (χ1) is 8.36. The predicted molar refractivity (Wildman–Crippen MR) is 72.5 cm³/mol. The predicted octanol–water partition coefficient (Wildman–Crippen LogP) is 1.89. The Morgan fingerprint density at radius 1 is 1.50 bits per heavy atom. The van der Waals surface area contributed by atoms with Crippen LogP contribution >= 0.6 is 0 Å². The lowest BCUT2D eigenvalue weighted by Gasteiger charge is -2.31. The summed E-state index contributed by atoms with van der Waals surface area (Å²) >= 11 is 0. The number of hydrogen-bond acceptors (Lipinski definition) is 3. The third-order valence-corrected chi connectivity index (χ3v) is 2.83. The number of hydrogen-bond donors (Lipinski definition) is 3. The van der Waals surface area contributed by atoms with E-state index >= 15 is 0 Å². The quantitative estimate of drug-likeness (QED) is 0.747. The van der Waals surface area contributed by atoms with Gasteiger partial charge in [-0.2, -0.15) is 0 Å². The summed E-state index contributed by atoms with van der Waals surface area (Å²) in [5, 5.41) is 12.3. The average Bonchev–Trinajstić information content (AvgIpc) is 2.27. The minimum Gasteiger partial charge on any atom is -0.508 e. The van der Waals surface area contributed by atoms with Crippen LogP contribution in [0.4, 0.5) is 0 Å². The highest BCUT2D eigenvalue weighted by Gasteiger charge is 2.26. The molecule has 4 nitrogen and oxygen atoms in total. The van der Waals surface area contributed by atoms with Gasteiger partial charge < -0.3 is 16.2 Å². The summed E-state index contributed by atoms with van der Waals surface area (Å²) in [6, 6.07) is 6.29. The normalized spacial score (nSPS) is 14.3. The van der Waals surface area contributed by atoms with Crippen LogP contribution < -0.4 is 11.1 Å². The van der Waals surface area contributed by atoms with Gasteiger partial charge >= 0.3 is 0 Å². The van der Waals surface area contributed by atoms with Gasteiger partial charge in [0.1, 0.15) is 5.75 Å². The number of nitrogens with one attached hydrogen (secondary N) is 1. The Bertz CT molecular complexity index is 418. The molecule has 1 atom stereocenters. The number of carbonyl (C=O) groups excluding carboxylic acids is 1. The van der Waals surface area contributed by atoms with E-state index in [0.29, 0.717) is 18.0 Å². The zero-order valence-electron chi connectivity index (χ0n) is 11.2. The van der Waals surface area contributed by atoms with E-state index in [9.17, 15) is 9.90 Å². The number of carbonyl (C=O) groups is 1. The van der Waals surface area contributed by atoms with Crippen molar-refractivity contribution in [1.29, 1.82) is 0 Å². The Kier molecular flexibility index (Phi) is 4.73. The molecule has 0 bridgehead atoms. The summed E-state index contributed by atoms with van der Waals surface area (Å²) in [7, 11) is 0. The van der Waals surface area contributed by atoms with Gasteiger partial charge in [0.2, 0.25) is 0 Å². The number of phenols is 1. The van der Waals surface area contributed by atoms with Gasteiger partial charge in [0.15, 0.2) is 0 Å². The van der Waals surface area contributed by atoms with Crippen LogP contribution in [0.3, 0.4) is 0 Å². The van der Waals surface area contributed by atoms with Gasteiger partial charge in [-0.3, -0.25) is 4.79 Å². The maximum absolute atomic E-state index is 12.1. The molecule has 100 valence electrons. The molecule has 4 heteroatoms. The summed E-state index contributed by atoms with van der Waals surface area (Å²) in [6.07, 6.45) is 0.814. The molecular weight excluding hydrogens is 228 g/mol. The minimum absolute atomic E-state index is 0.0842. The third-order valence-electron chi connectivity index (χ3n) is 2.83. The summed E-state index contributed by atoms with van der Waals surface area (Å²) in [4.78, 5) is 12.1. The van der Waals surface area contributed by atoms with Crippen LogP contribution in [0, 0.1) is 5.92 Å². The lowest BCUT2D eigenvalue weighted by atomic mass is 9.90. The Labute approximate surface area is 108 Å². The molecule has 18 heavy (non-hydrogen) atoms. The van der Waals surface area contributed by atoms with Gasteiger partial charge in [-0.05, 0) is 37.5 Å². The average molecular weight is 250 g/mol. The molecule has 0 aliphatic rings. The Morgan fingerprint density at radius 3 is 2.67 bits per heavy atom.